The Hall–Kier alpha value is -1.11. The predicted molar refractivity (Wildman–Crippen MR) is 84.9 cm³/mol. The van der Waals surface area contributed by atoms with E-state index in [-0.39, 0.29) is 5.41 Å². The van der Waals surface area contributed by atoms with Gasteiger partial charge in [0.25, 0.3) is 0 Å². The zero-order valence-corrected chi connectivity index (χ0v) is 13.2. The topological polar surface area (TPSA) is 12.9 Å². The average molecular weight is 269 g/mol. The molecule has 1 aromatic rings. The zero-order chi connectivity index (χ0) is 14.3. The maximum atomic E-state index is 4.96. The summed E-state index contributed by atoms with van der Waals surface area (Å²) in [5, 5.41) is 0. The van der Waals surface area contributed by atoms with Crippen LogP contribution in [0.3, 0.4) is 0 Å². The Kier molecular flexibility index (Phi) is 3.48. The fourth-order valence-electron chi connectivity index (χ4n) is 4.09. The first kappa shape index (κ1) is 13.9. The molecule has 0 aromatic carbocycles. The number of hydrogen-bond acceptors (Lipinski definition) is 1. The Labute approximate surface area is 123 Å². The Morgan fingerprint density at radius 3 is 2.60 bits per heavy atom. The molecule has 0 N–H and O–H groups in total. The second-order valence-corrected chi connectivity index (χ2v) is 7.52. The highest BCUT2D eigenvalue weighted by Crippen LogP contribution is 2.49. The standard InChI is InChI=1S/C19H27N/c1-13-11-16-10-9-14(2)20-18(16)17(12-19(13,3)4)15-7-5-6-8-15/h9-10,15,17H,1,5-8,11-12H2,2-4H3. The Morgan fingerprint density at radius 1 is 1.20 bits per heavy atom. The molecule has 1 unspecified atom stereocenters. The molecule has 3 rings (SSSR count). The highest BCUT2D eigenvalue weighted by Gasteiger charge is 2.37. The molecule has 108 valence electrons. The summed E-state index contributed by atoms with van der Waals surface area (Å²) in [6.45, 7) is 11.2. The van der Waals surface area contributed by atoms with Crippen molar-refractivity contribution in [3.63, 3.8) is 0 Å². The van der Waals surface area contributed by atoms with E-state index in [2.05, 4.69) is 39.5 Å². The third kappa shape index (κ3) is 2.43. The van der Waals surface area contributed by atoms with Gasteiger partial charge in [-0.2, -0.15) is 0 Å². The SMILES string of the molecule is C=C1Cc2ccc(C)nc2C(C2CCCC2)CC1(C)C. The van der Waals surface area contributed by atoms with Crippen molar-refractivity contribution in [2.45, 2.75) is 65.2 Å². The van der Waals surface area contributed by atoms with Crippen LogP contribution in [0.15, 0.2) is 24.3 Å². The maximum Gasteiger partial charge on any atom is 0.0475 e. The molecule has 0 saturated heterocycles. The summed E-state index contributed by atoms with van der Waals surface area (Å²) in [6, 6.07) is 4.46. The molecule has 2 aliphatic carbocycles. The van der Waals surface area contributed by atoms with Gasteiger partial charge in [-0.15, -0.1) is 0 Å². The second kappa shape index (κ2) is 5.02. The van der Waals surface area contributed by atoms with Gasteiger partial charge in [0.2, 0.25) is 0 Å². The van der Waals surface area contributed by atoms with Gasteiger partial charge in [-0.25, -0.2) is 0 Å². The lowest BCUT2D eigenvalue weighted by atomic mass is 9.74. The number of aromatic nitrogens is 1. The van der Waals surface area contributed by atoms with Crippen LogP contribution in [0.4, 0.5) is 0 Å². The van der Waals surface area contributed by atoms with Gasteiger partial charge in [0, 0.05) is 17.3 Å². The van der Waals surface area contributed by atoms with Gasteiger partial charge >= 0.3 is 0 Å². The zero-order valence-electron chi connectivity index (χ0n) is 13.2. The molecule has 0 radical (unpaired) electrons. The summed E-state index contributed by atoms with van der Waals surface area (Å²) in [6.07, 6.45) is 7.83. The van der Waals surface area contributed by atoms with Crippen LogP contribution in [0.2, 0.25) is 0 Å². The van der Waals surface area contributed by atoms with E-state index in [1.807, 2.05) is 0 Å². The number of fused-ring (bicyclic) bond motifs is 1. The van der Waals surface area contributed by atoms with E-state index in [1.165, 1.54) is 48.9 Å². The summed E-state index contributed by atoms with van der Waals surface area (Å²) in [4.78, 5) is 4.96. The third-order valence-corrected chi connectivity index (χ3v) is 5.56. The van der Waals surface area contributed by atoms with Crippen LogP contribution in [-0.4, -0.2) is 4.98 Å². The van der Waals surface area contributed by atoms with E-state index < -0.39 is 0 Å². The van der Waals surface area contributed by atoms with Crippen molar-refractivity contribution in [2.24, 2.45) is 11.3 Å². The molecule has 1 aromatic heterocycles. The summed E-state index contributed by atoms with van der Waals surface area (Å²) in [5.41, 5.74) is 5.61. The molecular weight excluding hydrogens is 242 g/mol. The lowest BCUT2D eigenvalue weighted by Crippen LogP contribution is -2.20. The third-order valence-electron chi connectivity index (χ3n) is 5.56. The van der Waals surface area contributed by atoms with Crippen molar-refractivity contribution in [2.75, 3.05) is 0 Å². The second-order valence-electron chi connectivity index (χ2n) is 7.52. The molecule has 0 spiro atoms. The van der Waals surface area contributed by atoms with E-state index in [4.69, 9.17) is 4.98 Å². The molecule has 0 bridgehead atoms. The first-order valence-electron chi connectivity index (χ1n) is 8.12. The van der Waals surface area contributed by atoms with Crippen molar-refractivity contribution < 1.29 is 0 Å². The molecule has 20 heavy (non-hydrogen) atoms. The quantitative estimate of drug-likeness (QED) is 0.505. The lowest BCUT2D eigenvalue weighted by Gasteiger charge is -2.31. The molecular formula is C19H27N. The van der Waals surface area contributed by atoms with E-state index in [0.717, 1.165) is 18.0 Å². The normalized spacial score (nSPS) is 26.4. The Morgan fingerprint density at radius 2 is 1.90 bits per heavy atom. The van der Waals surface area contributed by atoms with Gasteiger partial charge in [-0.1, -0.05) is 44.9 Å². The lowest BCUT2D eigenvalue weighted by molar-refractivity contribution is 0.302. The van der Waals surface area contributed by atoms with Crippen molar-refractivity contribution in [1.29, 1.82) is 0 Å². The number of pyridine rings is 1. The van der Waals surface area contributed by atoms with Crippen molar-refractivity contribution in [3.8, 4) is 0 Å². The highest BCUT2D eigenvalue weighted by molar-refractivity contribution is 5.34. The summed E-state index contributed by atoms with van der Waals surface area (Å²) in [7, 11) is 0. The number of rotatable bonds is 1. The maximum absolute atomic E-state index is 4.96. The first-order valence-corrected chi connectivity index (χ1v) is 8.12. The minimum atomic E-state index is 0.238. The predicted octanol–water partition coefficient (Wildman–Crippen LogP) is 5.19. The minimum Gasteiger partial charge on any atom is -0.258 e. The van der Waals surface area contributed by atoms with Gasteiger partial charge in [-0.05, 0) is 55.6 Å². The summed E-state index contributed by atoms with van der Waals surface area (Å²) in [5.74, 6) is 1.48. The largest absolute Gasteiger partial charge is 0.258 e. The molecule has 1 nitrogen and oxygen atoms in total. The number of nitrogens with zero attached hydrogens (tertiary/aromatic N) is 1. The van der Waals surface area contributed by atoms with Crippen LogP contribution in [0.1, 0.15) is 68.8 Å². The van der Waals surface area contributed by atoms with E-state index >= 15 is 0 Å². The summed E-state index contributed by atoms with van der Waals surface area (Å²) < 4.78 is 0. The van der Waals surface area contributed by atoms with Gasteiger partial charge in [0.15, 0.2) is 0 Å². The molecule has 1 atom stereocenters. The fourth-order valence-corrected chi connectivity index (χ4v) is 4.09. The van der Waals surface area contributed by atoms with Crippen molar-refractivity contribution in [3.05, 3.63) is 41.2 Å². The first-order chi connectivity index (χ1) is 9.47. The molecule has 1 saturated carbocycles. The van der Waals surface area contributed by atoms with Crippen LogP contribution in [-0.2, 0) is 6.42 Å². The molecule has 1 fully saturated rings. The van der Waals surface area contributed by atoms with Crippen LogP contribution in [0, 0.1) is 18.3 Å². The van der Waals surface area contributed by atoms with Gasteiger partial charge in [-0.3, -0.25) is 4.98 Å². The molecule has 0 amide bonds. The monoisotopic (exact) mass is 269 g/mol. The minimum absolute atomic E-state index is 0.238. The molecule has 2 aliphatic rings. The Bertz CT molecular complexity index is 521. The van der Waals surface area contributed by atoms with Crippen molar-refractivity contribution >= 4 is 0 Å². The van der Waals surface area contributed by atoms with Crippen LogP contribution < -0.4 is 0 Å². The smallest absolute Gasteiger partial charge is 0.0475 e. The highest BCUT2D eigenvalue weighted by atomic mass is 14.7. The molecule has 1 heterocycles. The van der Waals surface area contributed by atoms with Crippen LogP contribution in [0.25, 0.3) is 0 Å². The van der Waals surface area contributed by atoms with E-state index in [0.29, 0.717) is 5.92 Å². The molecule has 0 aliphatic heterocycles. The van der Waals surface area contributed by atoms with Gasteiger partial charge < -0.3 is 0 Å². The number of allylic oxidation sites excluding steroid dienone is 1. The van der Waals surface area contributed by atoms with Gasteiger partial charge in [0.1, 0.15) is 0 Å². The van der Waals surface area contributed by atoms with Gasteiger partial charge in [0.05, 0.1) is 0 Å². The summed E-state index contributed by atoms with van der Waals surface area (Å²) >= 11 is 0. The number of aryl methyl sites for hydroxylation is 1. The fraction of sp³-hybridized carbons (Fsp3) is 0.632. The Balaban J connectivity index is 2.06. The molecule has 1 heteroatoms. The van der Waals surface area contributed by atoms with Crippen LogP contribution >= 0.6 is 0 Å². The average Bonchev–Trinajstić information content (AvgIpc) is 2.89. The van der Waals surface area contributed by atoms with Crippen LogP contribution in [0.5, 0.6) is 0 Å². The van der Waals surface area contributed by atoms with E-state index in [1.54, 1.807) is 0 Å². The number of hydrogen-bond donors (Lipinski definition) is 0. The van der Waals surface area contributed by atoms with Crippen molar-refractivity contribution in [1.82, 2.24) is 4.98 Å². The van der Waals surface area contributed by atoms with E-state index in [9.17, 15) is 0 Å².